The van der Waals surface area contributed by atoms with Crippen molar-refractivity contribution in [1.29, 1.82) is 5.26 Å². The normalized spacial score (nSPS) is 24.4. The molecule has 102 valence electrons. The van der Waals surface area contributed by atoms with Crippen LogP contribution in [0.1, 0.15) is 32.1 Å². The molecule has 0 heterocycles. The highest BCUT2D eigenvalue weighted by atomic mass is 19.4. The van der Waals surface area contributed by atoms with E-state index in [0.29, 0.717) is 19.3 Å². The lowest BCUT2D eigenvalue weighted by Crippen LogP contribution is -2.43. The molecule has 2 unspecified atom stereocenters. The van der Waals surface area contributed by atoms with Gasteiger partial charge in [-0.05, 0) is 12.8 Å². The van der Waals surface area contributed by atoms with Gasteiger partial charge in [0.1, 0.15) is 0 Å². The van der Waals surface area contributed by atoms with Crippen LogP contribution in [0.4, 0.5) is 13.2 Å². The quantitative estimate of drug-likeness (QED) is 0.785. The highest BCUT2D eigenvalue weighted by molar-refractivity contribution is 5.79. The lowest BCUT2D eigenvalue weighted by Gasteiger charge is -2.34. The first-order valence-electron chi connectivity index (χ1n) is 6.06. The van der Waals surface area contributed by atoms with Crippen molar-refractivity contribution in [2.45, 2.75) is 38.3 Å². The maximum absolute atomic E-state index is 12.8. The zero-order valence-corrected chi connectivity index (χ0v) is 10.3. The molecule has 3 nitrogen and oxygen atoms in total. The van der Waals surface area contributed by atoms with Crippen molar-refractivity contribution in [3.63, 3.8) is 0 Å². The summed E-state index contributed by atoms with van der Waals surface area (Å²) in [4.78, 5) is 13.2. The van der Waals surface area contributed by atoms with Gasteiger partial charge in [-0.3, -0.25) is 4.79 Å². The molecule has 0 aliphatic heterocycles. The number of alkyl halides is 3. The van der Waals surface area contributed by atoms with Crippen molar-refractivity contribution in [3.8, 4) is 6.07 Å². The maximum atomic E-state index is 12.8. The van der Waals surface area contributed by atoms with Crippen molar-refractivity contribution >= 4 is 5.91 Å². The van der Waals surface area contributed by atoms with E-state index in [4.69, 9.17) is 5.26 Å². The van der Waals surface area contributed by atoms with Gasteiger partial charge in [0, 0.05) is 19.5 Å². The molecule has 1 fully saturated rings. The lowest BCUT2D eigenvalue weighted by molar-refractivity contribution is -0.200. The first kappa shape index (κ1) is 14.8. The molecule has 0 saturated heterocycles. The minimum Gasteiger partial charge on any atom is -0.344 e. The lowest BCUT2D eigenvalue weighted by atomic mass is 9.78. The zero-order valence-electron chi connectivity index (χ0n) is 10.3. The number of amides is 1. The molecule has 0 aromatic heterocycles. The van der Waals surface area contributed by atoms with E-state index in [1.807, 2.05) is 6.07 Å². The molecule has 0 radical (unpaired) electrons. The Balaban J connectivity index is 2.72. The predicted molar refractivity (Wildman–Crippen MR) is 59.4 cm³/mol. The molecule has 6 heteroatoms. The summed E-state index contributed by atoms with van der Waals surface area (Å²) in [5.74, 6) is -2.97. The standard InChI is InChI=1S/C12H17F3N2O/c1-17(8-4-7-16)11(18)9-5-2-3-6-10(9)12(13,14)15/h9-10H,2-6,8H2,1H3. The van der Waals surface area contributed by atoms with E-state index in [1.54, 1.807) is 0 Å². The Bertz CT molecular complexity index is 335. The number of carbonyl (C=O) groups is 1. The topological polar surface area (TPSA) is 44.1 Å². The SMILES string of the molecule is CN(CCC#N)C(=O)C1CCCCC1C(F)(F)F. The Morgan fingerprint density at radius 2 is 2.00 bits per heavy atom. The van der Waals surface area contributed by atoms with Gasteiger partial charge in [-0.1, -0.05) is 12.8 Å². The maximum Gasteiger partial charge on any atom is 0.392 e. The zero-order chi connectivity index (χ0) is 13.8. The largest absolute Gasteiger partial charge is 0.392 e. The minimum atomic E-state index is -4.31. The smallest absolute Gasteiger partial charge is 0.344 e. The van der Waals surface area contributed by atoms with Crippen LogP contribution in [-0.4, -0.2) is 30.6 Å². The Hall–Kier alpha value is -1.25. The summed E-state index contributed by atoms with van der Waals surface area (Å²) >= 11 is 0. The van der Waals surface area contributed by atoms with Crippen molar-refractivity contribution in [2.24, 2.45) is 11.8 Å². The molecular formula is C12H17F3N2O. The van der Waals surface area contributed by atoms with Gasteiger partial charge in [-0.2, -0.15) is 18.4 Å². The van der Waals surface area contributed by atoms with Crippen molar-refractivity contribution in [2.75, 3.05) is 13.6 Å². The predicted octanol–water partition coefficient (Wildman–Crippen LogP) is 2.73. The summed E-state index contributed by atoms with van der Waals surface area (Å²) in [6.07, 6.45) is -2.65. The van der Waals surface area contributed by atoms with Gasteiger partial charge in [0.05, 0.1) is 18.4 Å². The van der Waals surface area contributed by atoms with Crippen LogP contribution in [0.25, 0.3) is 0 Å². The van der Waals surface area contributed by atoms with E-state index >= 15 is 0 Å². The Morgan fingerprint density at radius 1 is 1.39 bits per heavy atom. The van der Waals surface area contributed by atoms with Crippen LogP contribution in [0.5, 0.6) is 0 Å². The second-order valence-corrected chi connectivity index (χ2v) is 4.71. The van der Waals surface area contributed by atoms with Crippen molar-refractivity contribution in [3.05, 3.63) is 0 Å². The molecule has 18 heavy (non-hydrogen) atoms. The molecule has 1 saturated carbocycles. The average molecular weight is 262 g/mol. The van der Waals surface area contributed by atoms with Crippen LogP contribution in [0, 0.1) is 23.2 Å². The summed E-state index contributed by atoms with van der Waals surface area (Å²) in [6.45, 7) is 0.191. The molecule has 0 bridgehead atoms. The fraction of sp³-hybridized carbons (Fsp3) is 0.833. The van der Waals surface area contributed by atoms with Gasteiger partial charge in [0.25, 0.3) is 0 Å². The van der Waals surface area contributed by atoms with E-state index in [-0.39, 0.29) is 19.4 Å². The highest BCUT2D eigenvalue weighted by Crippen LogP contribution is 2.42. The number of rotatable bonds is 3. The van der Waals surface area contributed by atoms with Gasteiger partial charge in [-0.15, -0.1) is 0 Å². The molecule has 2 atom stereocenters. The molecule has 0 aromatic rings. The fourth-order valence-corrected chi connectivity index (χ4v) is 2.43. The van der Waals surface area contributed by atoms with Crippen LogP contribution in [0.3, 0.4) is 0 Å². The van der Waals surface area contributed by atoms with Gasteiger partial charge < -0.3 is 4.90 Å². The third kappa shape index (κ3) is 3.62. The van der Waals surface area contributed by atoms with Crippen LogP contribution < -0.4 is 0 Å². The number of carbonyl (C=O) groups excluding carboxylic acids is 1. The minimum absolute atomic E-state index is 0.0337. The van der Waals surface area contributed by atoms with Gasteiger partial charge in [0.15, 0.2) is 0 Å². The first-order valence-corrected chi connectivity index (χ1v) is 6.06. The van der Waals surface area contributed by atoms with Gasteiger partial charge >= 0.3 is 6.18 Å². The third-order valence-corrected chi connectivity index (χ3v) is 3.44. The van der Waals surface area contributed by atoms with Gasteiger partial charge in [0.2, 0.25) is 5.91 Å². The summed E-state index contributed by atoms with van der Waals surface area (Å²) in [6, 6.07) is 1.88. The van der Waals surface area contributed by atoms with Crippen LogP contribution in [0.15, 0.2) is 0 Å². The second kappa shape index (κ2) is 6.07. The van der Waals surface area contributed by atoms with Gasteiger partial charge in [-0.25, -0.2) is 0 Å². The van der Waals surface area contributed by atoms with Crippen LogP contribution in [-0.2, 0) is 4.79 Å². The Morgan fingerprint density at radius 3 is 2.56 bits per heavy atom. The molecule has 1 aliphatic rings. The summed E-state index contributed by atoms with van der Waals surface area (Å²) in [7, 11) is 1.46. The summed E-state index contributed by atoms with van der Waals surface area (Å²) in [5, 5.41) is 8.42. The Labute approximate surface area is 105 Å². The van der Waals surface area contributed by atoms with E-state index in [0.717, 1.165) is 0 Å². The molecular weight excluding hydrogens is 245 g/mol. The third-order valence-electron chi connectivity index (χ3n) is 3.44. The number of halogens is 3. The van der Waals surface area contributed by atoms with E-state index in [9.17, 15) is 18.0 Å². The van der Waals surface area contributed by atoms with E-state index in [2.05, 4.69) is 0 Å². The van der Waals surface area contributed by atoms with E-state index in [1.165, 1.54) is 11.9 Å². The molecule has 1 aliphatic carbocycles. The van der Waals surface area contributed by atoms with Crippen molar-refractivity contribution < 1.29 is 18.0 Å². The molecule has 0 spiro atoms. The van der Waals surface area contributed by atoms with Crippen molar-refractivity contribution in [1.82, 2.24) is 4.90 Å². The molecule has 0 N–H and O–H groups in total. The first-order chi connectivity index (χ1) is 8.38. The Kier molecular flexibility index (Phi) is 5.00. The molecule has 1 amide bonds. The summed E-state index contributed by atoms with van der Waals surface area (Å²) in [5.41, 5.74) is 0. The number of nitrogens with zero attached hydrogens (tertiary/aromatic N) is 2. The summed E-state index contributed by atoms with van der Waals surface area (Å²) < 4.78 is 38.5. The fourth-order valence-electron chi connectivity index (χ4n) is 2.43. The van der Waals surface area contributed by atoms with Crippen LogP contribution >= 0.6 is 0 Å². The number of hydrogen-bond donors (Lipinski definition) is 0. The molecule has 1 rings (SSSR count). The van der Waals surface area contributed by atoms with Crippen LogP contribution in [0.2, 0.25) is 0 Å². The number of hydrogen-bond acceptors (Lipinski definition) is 2. The highest BCUT2D eigenvalue weighted by Gasteiger charge is 2.48. The monoisotopic (exact) mass is 262 g/mol. The van der Waals surface area contributed by atoms with E-state index < -0.39 is 23.9 Å². The number of nitriles is 1. The average Bonchev–Trinajstić information content (AvgIpc) is 2.34. The second-order valence-electron chi connectivity index (χ2n) is 4.71. The molecule has 0 aromatic carbocycles.